The third-order valence-electron chi connectivity index (χ3n) is 3.14. The molecular formula is C17H24N2O6. The number of amides is 2. The zero-order valence-electron chi connectivity index (χ0n) is 14.4. The third-order valence-corrected chi connectivity index (χ3v) is 3.14. The van der Waals surface area contributed by atoms with Crippen molar-refractivity contribution in [2.24, 2.45) is 0 Å². The van der Waals surface area contributed by atoms with E-state index in [-0.39, 0.29) is 44.4 Å². The van der Waals surface area contributed by atoms with Crippen molar-refractivity contribution < 1.29 is 28.6 Å². The van der Waals surface area contributed by atoms with E-state index in [0.717, 1.165) is 0 Å². The molecule has 1 aromatic carbocycles. The van der Waals surface area contributed by atoms with Crippen molar-refractivity contribution in [1.82, 2.24) is 10.6 Å². The molecule has 1 atom stereocenters. The molecule has 8 heteroatoms. The molecule has 1 aromatic rings. The molecule has 2 N–H and O–H groups in total. The highest BCUT2D eigenvalue weighted by molar-refractivity contribution is 5.83. The van der Waals surface area contributed by atoms with Crippen LogP contribution >= 0.6 is 0 Å². The highest BCUT2D eigenvalue weighted by atomic mass is 16.6. The van der Waals surface area contributed by atoms with Crippen molar-refractivity contribution in [3.8, 4) is 5.75 Å². The van der Waals surface area contributed by atoms with Gasteiger partial charge in [-0.3, -0.25) is 9.59 Å². The summed E-state index contributed by atoms with van der Waals surface area (Å²) in [6, 6.07) is 8.89. The third kappa shape index (κ3) is 9.31. The molecule has 0 radical (unpaired) electrons. The van der Waals surface area contributed by atoms with E-state index in [1.165, 1.54) is 14.2 Å². The van der Waals surface area contributed by atoms with E-state index in [1.54, 1.807) is 24.3 Å². The maximum atomic E-state index is 11.8. The SMILES string of the molecule is CNC(=O)CCC(=O)NCC(COC)OC(=O)COc1ccccc1. The standard InChI is InChI=1S/C17H24N2O6/c1-18-15(20)8-9-16(21)19-10-14(11-23-2)25-17(22)12-24-13-6-4-3-5-7-13/h3-7,14H,8-12H2,1-2H3,(H,18,20)(H,19,21). The minimum Gasteiger partial charge on any atom is -0.482 e. The van der Waals surface area contributed by atoms with Crippen LogP contribution in [0.25, 0.3) is 0 Å². The van der Waals surface area contributed by atoms with Gasteiger partial charge in [0.05, 0.1) is 13.2 Å². The second-order valence-electron chi connectivity index (χ2n) is 5.15. The van der Waals surface area contributed by atoms with E-state index in [2.05, 4.69) is 10.6 Å². The normalized spacial score (nSPS) is 11.3. The average molecular weight is 352 g/mol. The number of carbonyl (C=O) groups is 3. The fourth-order valence-corrected chi connectivity index (χ4v) is 1.87. The summed E-state index contributed by atoms with van der Waals surface area (Å²) in [4.78, 5) is 34.6. The van der Waals surface area contributed by atoms with Gasteiger partial charge in [0.1, 0.15) is 11.9 Å². The summed E-state index contributed by atoms with van der Waals surface area (Å²) in [5.74, 6) is -0.523. The van der Waals surface area contributed by atoms with Crippen molar-refractivity contribution in [2.45, 2.75) is 18.9 Å². The zero-order chi connectivity index (χ0) is 18.5. The molecule has 1 rings (SSSR count). The number of nitrogens with one attached hydrogen (secondary N) is 2. The van der Waals surface area contributed by atoms with Crippen LogP contribution in [0.4, 0.5) is 0 Å². The van der Waals surface area contributed by atoms with Gasteiger partial charge in [-0.15, -0.1) is 0 Å². The van der Waals surface area contributed by atoms with E-state index in [4.69, 9.17) is 14.2 Å². The van der Waals surface area contributed by atoms with Crippen molar-refractivity contribution in [3.63, 3.8) is 0 Å². The van der Waals surface area contributed by atoms with Crippen molar-refractivity contribution in [2.75, 3.05) is 33.9 Å². The number of para-hydroxylation sites is 1. The monoisotopic (exact) mass is 352 g/mol. The van der Waals surface area contributed by atoms with Crippen LogP contribution < -0.4 is 15.4 Å². The molecule has 8 nitrogen and oxygen atoms in total. The van der Waals surface area contributed by atoms with Gasteiger partial charge in [-0.2, -0.15) is 0 Å². The van der Waals surface area contributed by atoms with Gasteiger partial charge < -0.3 is 24.8 Å². The fraction of sp³-hybridized carbons (Fsp3) is 0.471. The Bertz CT molecular complexity index is 549. The molecule has 0 heterocycles. The summed E-state index contributed by atoms with van der Waals surface area (Å²) >= 11 is 0. The Morgan fingerprint density at radius 1 is 1.08 bits per heavy atom. The Morgan fingerprint density at radius 3 is 2.40 bits per heavy atom. The van der Waals surface area contributed by atoms with Gasteiger partial charge in [-0.1, -0.05) is 18.2 Å². The van der Waals surface area contributed by atoms with Gasteiger partial charge in [0.25, 0.3) is 0 Å². The number of esters is 1. The molecule has 0 aliphatic rings. The molecule has 0 aliphatic carbocycles. The predicted molar refractivity (Wildman–Crippen MR) is 90.0 cm³/mol. The molecule has 0 bridgehead atoms. The molecule has 0 saturated heterocycles. The van der Waals surface area contributed by atoms with Crippen LogP contribution in [0.2, 0.25) is 0 Å². The van der Waals surface area contributed by atoms with Gasteiger partial charge in [-0.25, -0.2) is 4.79 Å². The lowest BCUT2D eigenvalue weighted by Crippen LogP contribution is -2.38. The lowest BCUT2D eigenvalue weighted by atomic mass is 10.2. The van der Waals surface area contributed by atoms with Gasteiger partial charge in [0.15, 0.2) is 6.61 Å². The summed E-state index contributed by atoms with van der Waals surface area (Å²) in [5.41, 5.74) is 0. The Balaban J connectivity index is 2.33. The summed E-state index contributed by atoms with van der Waals surface area (Å²) in [7, 11) is 2.97. The first-order chi connectivity index (χ1) is 12.0. The molecule has 1 unspecified atom stereocenters. The van der Waals surface area contributed by atoms with E-state index in [0.29, 0.717) is 5.75 Å². The van der Waals surface area contributed by atoms with E-state index < -0.39 is 12.1 Å². The van der Waals surface area contributed by atoms with Crippen LogP contribution in [-0.2, 0) is 23.9 Å². The van der Waals surface area contributed by atoms with Crippen LogP contribution in [0, 0.1) is 0 Å². The lowest BCUT2D eigenvalue weighted by molar-refractivity contribution is -0.154. The molecule has 25 heavy (non-hydrogen) atoms. The first kappa shape index (κ1) is 20.4. The number of rotatable bonds is 11. The molecule has 0 fully saturated rings. The van der Waals surface area contributed by atoms with Crippen LogP contribution in [0.15, 0.2) is 30.3 Å². The fourth-order valence-electron chi connectivity index (χ4n) is 1.87. The molecule has 138 valence electrons. The molecule has 0 aromatic heterocycles. The average Bonchev–Trinajstić information content (AvgIpc) is 2.63. The number of carbonyl (C=O) groups excluding carboxylic acids is 3. The Labute approximate surface area is 146 Å². The zero-order valence-corrected chi connectivity index (χ0v) is 14.4. The van der Waals surface area contributed by atoms with Gasteiger partial charge in [0.2, 0.25) is 11.8 Å². The van der Waals surface area contributed by atoms with Crippen molar-refractivity contribution in [1.29, 1.82) is 0 Å². The summed E-state index contributed by atoms with van der Waals surface area (Å²) in [5, 5.41) is 5.05. The summed E-state index contributed by atoms with van der Waals surface area (Å²) in [6.07, 6.45) is -0.479. The number of benzene rings is 1. The van der Waals surface area contributed by atoms with Crippen LogP contribution in [-0.4, -0.2) is 57.8 Å². The van der Waals surface area contributed by atoms with E-state index in [9.17, 15) is 14.4 Å². The number of hydrogen-bond donors (Lipinski definition) is 2. The molecule has 0 aliphatic heterocycles. The molecule has 0 spiro atoms. The minimum atomic E-state index is -0.638. The quantitative estimate of drug-likeness (QED) is 0.554. The van der Waals surface area contributed by atoms with Crippen molar-refractivity contribution in [3.05, 3.63) is 30.3 Å². The highest BCUT2D eigenvalue weighted by Crippen LogP contribution is 2.08. The van der Waals surface area contributed by atoms with Crippen LogP contribution in [0.3, 0.4) is 0 Å². The minimum absolute atomic E-state index is 0.0600. The second kappa shape index (κ2) is 11.9. The Morgan fingerprint density at radius 2 is 1.76 bits per heavy atom. The van der Waals surface area contributed by atoms with E-state index in [1.807, 2.05) is 6.07 Å². The lowest BCUT2D eigenvalue weighted by Gasteiger charge is -2.18. The van der Waals surface area contributed by atoms with Crippen molar-refractivity contribution >= 4 is 17.8 Å². The van der Waals surface area contributed by atoms with Gasteiger partial charge >= 0.3 is 5.97 Å². The second-order valence-corrected chi connectivity index (χ2v) is 5.15. The highest BCUT2D eigenvalue weighted by Gasteiger charge is 2.16. The Hall–Kier alpha value is -2.61. The molecule has 2 amide bonds. The topological polar surface area (TPSA) is 103 Å². The largest absolute Gasteiger partial charge is 0.482 e. The first-order valence-corrected chi connectivity index (χ1v) is 7.88. The van der Waals surface area contributed by atoms with Crippen LogP contribution in [0.5, 0.6) is 5.75 Å². The summed E-state index contributed by atoms with van der Waals surface area (Å²) < 4.78 is 15.5. The van der Waals surface area contributed by atoms with Crippen LogP contribution in [0.1, 0.15) is 12.8 Å². The Kier molecular flexibility index (Phi) is 9.69. The molecule has 0 saturated carbocycles. The van der Waals surface area contributed by atoms with E-state index >= 15 is 0 Å². The number of ether oxygens (including phenoxy) is 3. The van der Waals surface area contributed by atoms with Gasteiger partial charge in [-0.05, 0) is 12.1 Å². The molecular weight excluding hydrogens is 328 g/mol. The predicted octanol–water partition coefficient (Wildman–Crippen LogP) is 0.266. The number of methoxy groups -OCH3 is 1. The van der Waals surface area contributed by atoms with Gasteiger partial charge in [0, 0.05) is 27.0 Å². The smallest absolute Gasteiger partial charge is 0.344 e. The number of hydrogen-bond acceptors (Lipinski definition) is 6. The maximum Gasteiger partial charge on any atom is 0.344 e. The maximum absolute atomic E-state index is 11.8. The first-order valence-electron chi connectivity index (χ1n) is 7.88. The summed E-state index contributed by atoms with van der Waals surface area (Å²) in [6.45, 7) is -0.0147.